The summed E-state index contributed by atoms with van der Waals surface area (Å²) < 4.78 is 2.25. The summed E-state index contributed by atoms with van der Waals surface area (Å²) in [5, 5.41) is 3.74. The summed E-state index contributed by atoms with van der Waals surface area (Å²) in [6.45, 7) is 3.52. The van der Waals surface area contributed by atoms with Crippen LogP contribution < -0.4 is 5.32 Å². The first-order valence-electron chi connectivity index (χ1n) is 11.1. The van der Waals surface area contributed by atoms with E-state index < -0.39 is 0 Å². The molecule has 4 nitrogen and oxygen atoms in total. The molecule has 1 aromatic heterocycles. The van der Waals surface area contributed by atoms with Crippen molar-refractivity contribution in [3.05, 3.63) is 88.7 Å². The van der Waals surface area contributed by atoms with Crippen LogP contribution in [0.3, 0.4) is 0 Å². The largest absolute Gasteiger partial charge is 0.345 e. The van der Waals surface area contributed by atoms with Crippen LogP contribution in [0.25, 0.3) is 0 Å². The van der Waals surface area contributed by atoms with Crippen LogP contribution in [-0.2, 0) is 13.1 Å². The summed E-state index contributed by atoms with van der Waals surface area (Å²) in [6.07, 6.45) is 7.85. The van der Waals surface area contributed by atoms with E-state index in [9.17, 15) is 4.79 Å². The number of carbonyl (C=O) groups excluding carboxylic acids is 1. The highest BCUT2D eigenvalue weighted by atomic mass is 35.5. The number of halogens is 1. The molecule has 0 aliphatic heterocycles. The van der Waals surface area contributed by atoms with Gasteiger partial charge in [-0.25, -0.2) is 4.79 Å². The highest BCUT2D eigenvalue weighted by Crippen LogP contribution is 2.26. The van der Waals surface area contributed by atoms with Crippen LogP contribution in [0, 0.1) is 6.92 Å². The minimum atomic E-state index is -0.0440. The summed E-state index contributed by atoms with van der Waals surface area (Å²) in [7, 11) is 0. The molecule has 162 valence electrons. The second-order valence-electron chi connectivity index (χ2n) is 8.47. The van der Waals surface area contributed by atoms with E-state index in [1.54, 1.807) is 12.1 Å². The third-order valence-electron chi connectivity index (χ3n) is 6.06. The van der Waals surface area contributed by atoms with Crippen molar-refractivity contribution in [2.75, 3.05) is 5.32 Å². The lowest BCUT2D eigenvalue weighted by Gasteiger charge is -2.34. The zero-order chi connectivity index (χ0) is 21.6. The summed E-state index contributed by atoms with van der Waals surface area (Å²) >= 11 is 6.00. The zero-order valence-corrected chi connectivity index (χ0v) is 18.8. The van der Waals surface area contributed by atoms with E-state index in [2.05, 4.69) is 59.4 Å². The molecule has 1 fully saturated rings. The van der Waals surface area contributed by atoms with Gasteiger partial charge in [-0.3, -0.25) is 0 Å². The molecule has 1 heterocycles. The van der Waals surface area contributed by atoms with Crippen molar-refractivity contribution in [1.29, 1.82) is 0 Å². The number of hydrogen-bond donors (Lipinski definition) is 1. The Kier molecular flexibility index (Phi) is 6.98. The number of anilines is 1. The summed E-state index contributed by atoms with van der Waals surface area (Å²) in [6, 6.07) is 20.3. The SMILES string of the molecule is Cc1cccc(Cn2cccc2CN(C(=O)Nc2ccc(Cl)cc2)C2CCCCC2)c1. The van der Waals surface area contributed by atoms with E-state index >= 15 is 0 Å². The monoisotopic (exact) mass is 435 g/mol. The lowest BCUT2D eigenvalue weighted by atomic mass is 9.94. The first-order valence-corrected chi connectivity index (χ1v) is 11.5. The maximum atomic E-state index is 13.3. The molecule has 0 unspecified atom stereocenters. The van der Waals surface area contributed by atoms with Crippen molar-refractivity contribution in [2.24, 2.45) is 0 Å². The van der Waals surface area contributed by atoms with Crippen LogP contribution in [0.2, 0.25) is 5.02 Å². The van der Waals surface area contributed by atoms with Gasteiger partial charge in [-0.05, 0) is 61.7 Å². The Bertz CT molecular complexity index is 1010. The first-order chi connectivity index (χ1) is 15.1. The van der Waals surface area contributed by atoms with Gasteiger partial charge in [0.2, 0.25) is 0 Å². The predicted molar refractivity (Wildman–Crippen MR) is 128 cm³/mol. The van der Waals surface area contributed by atoms with Crippen molar-refractivity contribution < 1.29 is 4.79 Å². The fourth-order valence-electron chi connectivity index (χ4n) is 4.42. The maximum Gasteiger partial charge on any atom is 0.322 e. The molecule has 0 saturated heterocycles. The molecule has 3 aromatic rings. The van der Waals surface area contributed by atoms with Gasteiger partial charge in [-0.15, -0.1) is 0 Å². The topological polar surface area (TPSA) is 37.3 Å². The van der Waals surface area contributed by atoms with Gasteiger partial charge in [0.25, 0.3) is 0 Å². The number of aromatic nitrogens is 1. The van der Waals surface area contributed by atoms with Crippen molar-refractivity contribution in [3.8, 4) is 0 Å². The van der Waals surface area contributed by atoms with Crippen molar-refractivity contribution in [3.63, 3.8) is 0 Å². The summed E-state index contributed by atoms with van der Waals surface area (Å²) in [5.74, 6) is 0. The van der Waals surface area contributed by atoms with Crippen LogP contribution in [0.5, 0.6) is 0 Å². The van der Waals surface area contributed by atoms with E-state index in [-0.39, 0.29) is 12.1 Å². The lowest BCUT2D eigenvalue weighted by Crippen LogP contribution is -2.43. The minimum absolute atomic E-state index is 0.0440. The average Bonchev–Trinajstić information content (AvgIpc) is 3.21. The normalized spacial score (nSPS) is 14.4. The minimum Gasteiger partial charge on any atom is -0.345 e. The number of urea groups is 1. The molecular formula is C26H30ClN3O. The molecule has 0 radical (unpaired) electrons. The molecule has 1 aliphatic rings. The molecular weight excluding hydrogens is 406 g/mol. The van der Waals surface area contributed by atoms with Crippen molar-refractivity contribution >= 4 is 23.3 Å². The van der Waals surface area contributed by atoms with E-state index in [4.69, 9.17) is 11.6 Å². The van der Waals surface area contributed by atoms with Crippen LogP contribution >= 0.6 is 11.6 Å². The molecule has 0 atom stereocenters. The third-order valence-corrected chi connectivity index (χ3v) is 6.32. The van der Waals surface area contributed by atoms with Crippen LogP contribution in [0.4, 0.5) is 10.5 Å². The molecule has 1 saturated carbocycles. The lowest BCUT2D eigenvalue weighted by molar-refractivity contribution is 0.161. The van der Waals surface area contributed by atoms with E-state index in [0.717, 1.165) is 30.8 Å². The van der Waals surface area contributed by atoms with Gasteiger partial charge in [0.05, 0.1) is 6.54 Å². The zero-order valence-electron chi connectivity index (χ0n) is 18.1. The molecule has 31 heavy (non-hydrogen) atoms. The smallest absolute Gasteiger partial charge is 0.322 e. The Morgan fingerprint density at radius 1 is 1.06 bits per heavy atom. The maximum absolute atomic E-state index is 13.3. The van der Waals surface area contributed by atoms with Crippen molar-refractivity contribution in [1.82, 2.24) is 9.47 Å². The standard InChI is InChI=1S/C26H30ClN3O/c1-20-7-5-8-21(17-20)18-29-16-6-11-25(29)19-30(24-9-3-2-4-10-24)26(31)28-23-14-12-22(27)13-15-23/h5-8,11-17,24H,2-4,9-10,18-19H2,1H3,(H,28,31). The molecule has 1 N–H and O–H groups in total. The van der Waals surface area contributed by atoms with Crippen molar-refractivity contribution in [2.45, 2.75) is 58.2 Å². The predicted octanol–water partition coefficient (Wildman–Crippen LogP) is 6.87. The van der Waals surface area contributed by atoms with Gasteiger partial charge in [0, 0.05) is 35.2 Å². The molecule has 5 heteroatoms. The van der Waals surface area contributed by atoms with E-state index in [0.29, 0.717) is 11.6 Å². The quantitative estimate of drug-likeness (QED) is 0.450. The van der Waals surface area contributed by atoms with Gasteiger partial charge in [-0.2, -0.15) is 0 Å². The molecule has 4 rings (SSSR count). The Hall–Kier alpha value is -2.72. The Morgan fingerprint density at radius 3 is 2.58 bits per heavy atom. The van der Waals surface area contributed by atoms with Crippen LogP contribution in [0.15, 0.2) is 66.9 Å². The number of hydrogen-bond acceptors (Lipinski definition) is 1. The number of nitrogens with zero attached hydrogens (tertiary/aromatic N) is 2. The van der Waals surface area contributed by atoms with Crippen LogP contribution in [0.1, 0.15) is 48.9 Å². The van der Waals surface area contributed by atoms with E-state index in [1.807, 2.05) is 17.0 Å². The van der Waals surface area contributed by atoms with Crippen LogP contribution in [-0.4, -0.2) is 21.5 Å². The second kappa shape index (κ2) is 10.1. The molecule has 0 spiro atoms. The fraction of sp³-hybridized carbons (Fsp3) is 0.346. The van der Waals surface area contributed by atoms with Gasteiger partial charge in [0.1, 0.15) is 0 Å². The third kappa shape index (κ3) is 5.71. The number of nitrogens with one attached hydrogen (secondary N) is 1. The Balaban J connectivity index is 1.53. The fourth-order valence-corrected chi connectivity index (χ4v) is 4.54. The van der Waals surface area contributed by atoms with E-state index in [1.165, 1.54) is 30.4 Å². The number of benzene rings is 2. The average molecular weight is 436 g/mol. The number of aryl methyl sites for hydroxylation is 1. The Morgan fingerprint density at radius 2 is 1.84 bits per heavy atom. The van der Waals surface area contributed by atoms with Gasteiger partial charge < -0.3 is 14.8 Å². The Labute approximate surface area is 189 Å². The van der Waals surface area contributed by atoms with Gasteiger partial charge in [0.15, 0.2) is 0 Å². The molecule has 2 aromatic carbocycles. The molecule has 2 amide bonds. The highest BCUT2D eigenvalue weighted by molar-refractivity contribution is 6.30. The summed E-state index contributed by atoms with van der Waals surface area (Å²) in [4.78, 5) is 15.3. The first kappa shape index (κ1) is 21.5. The number of carbonyl (C=O) groups is 1. The second-order valence-corrected chi connectivity index (χ2v) is 8.91. The molecule has 1 aliphatic carbocycles. The number of rotatable bonds is 6. The molecule has 0 bridgehead atoms. The van der Waals surface area contributed by atoms with Gasteiger partial charge in [-0.1, -0.05) is 60.7 Å². The highest BCUT2D eigenvalue weighted by Gasteiger charge is 2.26. The number of amides is 2. The summed E-state index contributed by atoms with van der Waals surface area (Å²) in [5.41, 5.74) is 4.45. The van der Waals surface area contributed by atoms with Gasteiger partial charge >= 0.3 is 6.03 Å².